The minimum Gasteiger partial charge on any atom is -0.227 e. The van der Waals surface area contributed by atoms with E-state index in [0.29, 0.717) is 11.0 Å². The quantitative estimate of drug-likeness (QED) is 0.586. The smallest absolute Gasteiger partial charge is 0.172 e. The second-order valence-corrected chi connectivity index (χ2v) is 6.02. The van der Waals surface area contributed by atoms with E-state index in [0.717, 1.165) is 20.6 Å². The summed E-state index contributed by atoms with van der Waals surface area (Å²) >= 11 is 11.2. The molecule has 3 aromatic rings. The molecule has 0 aliphatic rings. The van der Waals surface area contributed by atoms with Gasteiger partial charge >= 0.3 is 0 Å². The summed E-state index contributed by atoms with van der Waals surface area (Å²) in [5.74, 6) is 0.647. The molecule has 0 amide bonds. The van der Waals surface area contributed by atoms with Gasteiger partial charge in [-0.25, -0.2) is 9.97 Å². The molecule has 19 heavy (non-hydrogen) atoms. The molecule has 5 heteroatoms. The highest BCUT2D eigenvalue weighted by Gasteiger charge is 2.11. The molecule has 0 radical (unpaired) electrons. The standard InChI is InChI=1S/C14H8BrClN2S/c15-10-6-7-19-13(10)14-17-11(8-12(16)18-14)9-4-2-1-3-5-9/h1-8H. The van der Waals surface area contributed by atoms with Gasteiger partial charge in [-0.15, -0.1) is 11.3 Å². The van der Waals surface area contributed by atoms with Crippen molar-refractivity contribution in [3.63, 3.8) is 0 Å². The van der Waals surface area contributed by atoms with Gasteiger partial charge in [0.05, 0.1) is 10.6 Å². The van der Waals surface area contributed by atoms with Crippen LogP contribution in [0, 0.1) is 0 Å². The molecule has 0 fully saturated rings. The lowest BCUT2D eigenvalue weighted by Crippen LogP contribution is -1.91. The van der Waals surface area contributed by atoms with Gasteiger partial charge < -0.3 is 0 Å². The van der Waals surface area contributed by atoms with Crippen LogP contribution in [-0.4, -0.2) is 9.97 Å². The van der Waals surface area contributed by atoms with Gasteiger partial charge in [0.2, 0.25) is 0 Å². The van der Waals surface area contributed by atoms with Crippen LogP contribution in [0.15, 0.2) is 52.3 Å². The number of nitrogens with zero attached hydrogens (tertiary/aromatic N) is 2. The van der Waals surface area contributed by atoms with Crippen LogP contribution in [0.2, 0.25) is 5.15 Å². The lowest BCUT2D eigenvalue weighted by atomic mass is 10.1. The molecule has 0 unspecified atom stereocenters. The van der Waals surface area contributed by atoms with E-state index < -0.39 is 0 Å². The fourth-order valence-corrected chi connectivity index (χ4v) is 3.40. The summed E-state index contributed by atoms with van der Waals surface area (Å²) in [4.78, 5) is 9.88. The maximum absolute atomic E-state index is 6.11. The van der Waals surface area contributed by atoms with E-state index in [1.54, 1.807) is 17.4 Å². The Morgan fingerprint density at radius 3 is 2.53 bits per heavy atom. The third-order valence-electron chi connectivity index (χ3n) is 2.58. The molecule has 0 aliphatic heterocycles. The topological polar surface area (TPSA) is 25.8 Å². The molecule has 2 nitrogen and oxygen atoms in total. The highest BCUT2D eigenvalue weighted by molar-refractivity contribution is 9.10. The first-order valence-electron chi connectivity index (χ1n) is 5.57. The molecule has 2 heterocycles. The Bertz CT molecular complexity index is 712. The Hall–Kier alpha value is -1.23. The van der Waals surface area contributed by atoms with Gasteiger partial charge in [0.25, 0.3) is 0 Å². The Labute approximate surface area is 128 Å². The summed E-state index contributed by atoms with van der Waals surface area (Å²) in [6, 6.07) is 13.7. The van der Waals surface area contributed by atoms with Crippen molar-refractivity contribution in [1.82, 2.24) is 9.97 Å². The Balaban J connectivity index is 2.14. The number of hydrogen-bond donors (Lipinski definition) is 0. The molecule has 0 bridgehead atoms. The second-order valence-electron chi connectivity index (χ2n) is 3.86. The van der Waals surface area contributed by atoms with E-state index in [9.17, 15) is 0 Å². The van der Waals surface area contributed by atoms with Crippen molar-refractivity contribution in [3.05, 3.63) is 57.5 Å². The molecule has 0 saturated heterocycles. The minimum atomic E-state index is 0.448. The number of hydrogen-bond acceptors (Lipinski definition) is 3. The van der Waals surface area contributed by atoms with Crippen molar-refractivity contribution in [3.8, 4) is 22.0 Å². The number of halogens is 2. The zero-order chi connectivity index (χ0) is 13.2. The normalized spacial score (nSPS) is 10.6. The van der Waals surface area contributed by atoms with Crippen LogP contribution in [-0.2, 0) is 0 Å². The van der Waals surface area contributed by atoms with E-state index in [4.69, 9.17) is 11.6 Å². The van der Waals surface area contributed by atoms with Crippen molar-refractivity contribution in [1.29, 1.82) is 0 Å². The highest BCUT2D eigenvalue weighted by Crippen LogP contribution is 2.33. The summed E-state index contributed by atoms with van der Waals surface area (Å²) in [6.07, 6.45) is 0. The number of thiophene rings is 1. The molecule has 94 valence electrons. The molecule has 0 spiro atoms. The molecule has 3 rings (SSSR count). The maximum Gasteiger partial charge on any atom is 0.172 e. The number of aromatic nitrogens is 2. The fourth-order valence-electron chi connectivity index (χ4n) is 1.73. The predicted molar refractivity (Wildman–Crippen MR) is 83.5 cm³/mol. The highest BCUT2D eigenvalue weighted by atomic mass is 79.9. The molecule has 0 atom stereocenters. The molecule has 0 aliphatic carbocycles. The average molecular weight is 352 g/mol. The van der Waals surface area contributed by atoms with Gasteiger partial charge in [0, 0.05) is 16.1 Å². The molecular formula is C14H8BrClN2S. The van der Waals surface area contributed by atoms with Crippen molar-refractivity contribution >= 4 is 38.9 Å². The van der Waals surface area contributed by atoms with E-state index >= 15 is 0 Å². The zero-order valence-corrected chi connectivity index (χ0v) is 12.8. The molecule has 0 N–H and O–H groups in total. The number of benzene rings is 1. The second kappa shape index (κ2) is 5.41. The Morgan fingerprint density at radius 2 is 1.84 bits per heavy atom. The van der Waals surface area contributed by atoms with Crippen LogP contribution < -0.4 is 0 Å². The van der Waals surface area contributed by atoms with Gasteiger partial charge in [-0.1, -0.05) is 41.9 Å². The van der Waals surface area contributed by atoms with Gasteiger partial charge in [-0.05, 0) is 27.4 Å². The first kappa shape index (κ1) is 12.8. The minimum absolute atomic E-state index is 0.448. The van der Waals surface area contributed by atoms with Crippen LogP contribution in [0.1, 0.15) is 0 Å². The van der Waals surface area contributed by atoms with Crippen LogP contribution in [0.5, 0.6) is 0 Å². The van der Waals surface area contributed by atoms with Gasteiger partial charge in [0.1, 0.15) is 5.15 Å². The van der Waals surface area contributed by atoms with Crippen molar-refractivity contribution < 1.29 is 0 Å². The van der Waals surface area contributed by atoms with Crippen LogP contribution in [0.25, 0.3) is 22.0 Å². The SMILES string of the molecule is Clc1cc(-c2ccccc2)nc(-c2sccc2Br)n1. The fraction of sp³-hybridized carbons (Fsp3) is 0. The Morgan fingerprint density at radius 1 is 1.05 bits per heavy atom. The number of rotatable bonds is 2. The summed E-state index contributed by atoms with van der Waals surface area (Å²) in [5.41, 5.74) is 1.86. The van der Waals surface area contributed by atoms with Crippen molar-refractivity contribution in [2.45, 2.75) is 0 Å². The zero-order valence-electron chi connectivity index (χ0n) is 9.68. The summed E-state index contributed by atoms with van der Waals surface area (Å²) in [5, 5.41) is 2.44. The van der Waals surface area contributed by atoms with E-state index in [-0.39, 0.29) is 0 Å². The largest absolute Gasteiger partial charge is 0.227 e. The summed E-state index contributed by atoms with van der Waals surface area (Å²) < 4.78 is 0.985. The first-order valence-corrected chi connectivity index (χ1v) is 7.62. The summed E-state index contributed by atoms with van der Waals surface area (Å²) in [7, 11) is 0. The molecule has 2 aromatic heterocycles. The lowest BCUT2D eigenvalue weighted by Gasteiger charge is -2.04. The molecule has 0 saturated carbocycles. The third-order valence-corrected chi connectivity index (χ3v) is 4.61. The van der Waals surface area contributed by atoms with Crippen molar-refractivity contribution in [2.24, 2.45) is 0 Å². The van der Waals surface area contributed by atoms with Gasteiger partial charge in [-0.3, -0.25) is 0 Å². The predicted octanol–water partition coefficient (Wildman–Crippen LogP) is 5.29. The van der Waals surface area contributed by atoms with Gasteiger partial charge in [-0.2, -0.15) is 0 Å². The summed E-state index contributed by atoms with van der Waals surface area (Å²) in [6.45, 7) is 0. The molecule has 1 aromatic carbocycles. The van der Waals surface area contributed by atoms with E-state index in [1.807, 2.05) is 41.8 Å². The van der Waals surface area contributed by atoms with E-state index in [2.05, 4.69) is 25.9 Å². The van der Waals surface area contributed by atoms with Crippen LogP contribution in [0.3, 0.4) is 0 Å². The van der Waals surface area contributed by atoms with Gasteiger partial charge in [0.15, 0.2) is 5.82 Å². The van der Waals surface area contributed by atoms with Crippen LogP contribution >= 0.6 is 38.9 Å². The monoisotopic (exact) mass is 350 g/mol. The average Bonchev–Trinajstić information content (AvgIpc) is 2.85. The third kappa shape index (κ3) is 2.71. The van der Waals surface area contributed by atoms with Crippen LogP contribution in [0.4, 0.5) is 0 Å². The first-order chi connectivity index (χ1) is 9.24. The maximum atomic E-state index is 6.11. The van der Waals surface area contributed by atoms with Crippen molar-refractivity contribution in [2.75, 3.05) is 0 Å². The molecular weight excluding hydrogens is 344 g/mol. The Kier molecular flexibility index (Phi) is 3.64. The van der Waals surface area contributed by atoms with E-state index in [1.165, 1.54) is 0 Å². The lowest BCUT2D eigenvalue weighted by molar-refractivity contribution is 1.19.